The molecule has 0 N–H and O–H groups in total. The zero-order chi connectivity index (χ0) is 40.9. The first kappa shape index (κ1) is 37.2. The van der Waals surface area contributed by atoms with E-state index in [-0.39, 0.29) is 0 Å². The lowest BCUT2D eigenvalue weighted by Gasteiger charge is -2.20. The lowest BCUT2D eigenvalue weighted by Crippen LogP contribution is -2.55. The first-order valence-electron chi connectivity index (χ1n) is 20.5. The fourth-order valence-electron chi connectivity index (χ4n) is 8.68. The van der Waals surface area contributed by atoms with Gasteiger partial charge in [0.05, 0.1) is 5.56 Å². The van der Waals surface area contributed by atoms with Gasteiger partial charge in [0.2, 0.25) is 0 Å². The molecule has 0 aliphatic carbocycles. The monoisotopic (exact) mass is 763 g/mol. The SMILES string of the molecule is Bc1c(B)c(B)c(-c2cccc(-c3nc(-c4ccccc4)nc(-c4cccc5c4oc4cccc(-c6ccc(-c7ccc(-c8ccccc8)cc7)cc6)c45)n3)c2)c(B)c1B. The van der Waals surface area contributed by atoms with Gasteiger partial charge < -0.3 is 4.42 Å². The van der Waals surface area contributed by atoms with Crippen molar-refractivity contribution >= 4 is 88.5 Å². The number of furan rings is 1. The van der Waals surface area contributed by atoms with Crippen LogP contribution in [-0.2, 0) is 0 Å². The number of hydrogen-bond acceptors (Lipinski definition) is 4. The Morgan fingerprint density at radius 3 is 1.42 bits per heavy atom. The molecule has 0 spiro atoms. The minimum atomic E-state index is 0.562. The van der Waals surface area contributed by atoms with Crippen LogP contribution in [-0.4, -0.2) is 54.2 Å². The molecule has 60 heavy (non-hydrogen) atoms. The molecule has 2 heterocycles. The van der Waals surface area contributed by atoms with Gasteiger partial charge in [-0.15, -0.1) is 16.4 Å². The van der Waals surface area contributed by atoms with Gasteiger partial charge in [0.15, 0.2) is 17.5 Å². The van der Waals surface area contributed by atoms with Crippen molar-refractivity contribution in [2.45, 2.75) is 0 Å². The van der Waals surface area contributed by atoms with E-state index in [1.54, 1.807) is 0 Å². The Hall–Kier alpha value is -7.11. The topological polar surface area (TPSA) is 51.8 Å². The minimum Gasteiger partial charge on any atom is -0.455 e. The second-order valence-electron chi connectivity index (χ2n) is 15.7. The Morgan fingerprint density at radius 2 is 0.783 bits per heavy atom. The van der Waals surface area contributed by atoms with Crippen molar-refractivity contribution in [3.05, 3.63) is 170 Å². The van der Waals surface area contributed by atoms with Crippen LogP contribution in [0.5, 0.6) is 0 Å². The fourth-order valence-corrected chi connectivity index (χ4v) is 8.68. The third kappa shape index (κ3) is 6.57. The van der Waals surface area contributed by atoms with Crippen molar-refractivity contribution in [1.82, 2.24) is 15.0 Å². The molecule has 8 aromatic carbocycles. The van der Waals surface area contributed by atoms with E-state index in [0.717, 1.165) is 55.3 Å². The summed E-state index contributed by atoms with van der Waals surface area (Å²) in [5, 5.41) is 2.08. The van der Waals surface area contributed by atoms with Gasteiger partial charge in [0.1, 0.15) is 50.4 Å². The summed E-state index contributed by atoms with van der Waals surface area (Å²) >= 11 is 0. The van der Waals surface area contributed by atoms with Crippen LogP contribution in [0.2, 0.25) is 0 Å². The van der Waals surface area contributed by atoms with Crippen LogP contribution in [0.15, 0.2) is 174 Å². The van der Waals surface area contributed by atoms with E-state index in [1.807, 2.05) is 42.5 Å². The number of aromatic nitrogens is 3. The number of benzene rings is 8. The number of fused-ring (bicyclic) bond motifs is 3. The molecule has 0 aliphatic heterocycles. The van der Waals surface area contributed by atoms with Crippen LogP contribution in [0, 0.1) is 0 Å². The van der Waals surface area contributed by atoms with Crippen molar-refractivity contribution < 1.29 is 4.42 Å². The molecule has 0 aliphatic rings. The number of para-hydroxylation sites is 1. The molecule has 0 atom stereocenters. The molecule has 9 heteroatoms. The Kier molecular flexibility index (Phi) is 9.45. The summed E-state index contributed by atoms with van der Waals surface area (Å²) in [5.41, 5.74) is 20.3. The summed E-state index contributed by atoms with van der Waals surface area (Å²) in [6.45, 7) is 0. The van der Waals surface area contributed by atoms with Crippen LogP contribution < -0.4 is 27.3 Å². The average molecular weight is 763 g/mol. The molecule has 2 aromatic heterocycles. The molecule has 10 aromatic rings. The van der Waals surface area contributed by atoms with E-state index in [1.165, 1.54) is 55.1 Å². The third-order valence-electron chi connectivity index (χ3n) is 12.4. The number of nitrogens with zero attached hydrogens (tertiary/aromatic N) is 3. The van der Waals surface area contributed by atoms with Gasteiger partial charge in [-0.05, 0) is 62.7 Å². The second kappa shape index (κ2) is 15.2. The summed E-state index contributed by atoms with van der Waals surface area (Å²) in [6, 6.07) is 59.4. The van der Waals surface area contributed by atoms with Crippen LogP contribution >= 0.6 is 0 Å². The average Bonchev–Trinajstić information content (AvgIpc) is 3.70. The number of rotatable bonds is 7. The van der Waals surface area contributed by atoms with Crippen molar-refractivity contribution in [3.8, 4) is 78.7 Å². The Labute approximate surface area is 354 Å². The van der Waals surface area contributed by atoms with Crippen LogP contribution in [0.1, 0.15) is 0 Å². The van der Waals surface area contributed by atoms with Gasteiger partial charge in [-0.3, -0.25) is 0 Å². The molecule has 0 radical (unpaired) electrons. The van der Waals surface area contributed by atoms with Crippen molar-refractivity contribution in [1.29, 1.82) is 0 Å². The van der Waals surface area contributed by atoms with E-state index in [9.17, 15) is 0 Å². The van der Waals surface area contributed by atoms with E-state index >= 15 is 0 Å². The summed E-state index contributed by atoms with van der Waals surface area (Å²) in [6.07, 6.45) is 0. The van der Waals surface area contributed by atoms with E-state index in [0.29, 0.717) is 17.5 Å². The van der Waals surface area contributed by atoms with E-state index in [2.05, 4.69) is 167 Å². The summed E-state index contributed by atoms with van der Waals surface area (Å²) in [4.78, 5) is 15.4. The first-order valence-corrected chi connectivity index (χ1v) is 20.5. The minimum absolute atomic E-state index is 0.562. The van der Waals surface area contributed by atoms with Crippen molar-refractivity contribution in [3.63, 3.8) is 0 Å². The molecule has 0 unspecified atom stereocenters. The largest absolute Gasteiger partial charge is 0.455 e. The van der Waals surface area contributed by atoms with Gasteiger partial charge >= 0.3 is 0 Å². The molecule has 0 saturated carbocycles. The molecule has 0 saturated heterocycles. The molecule has 0 fully saturated rings. The quantitative estimate of drug-likeness (QED) is 0.221. The van der Waals surface area contributed by atoms with Crippen molar-refractivity contribution in [2.75, 3.05) is 0 Å². The predicted molar refractivity (Wildman–Crippen MR) is 266 cm³/mol. The highest BCUT2D eigenvalue weighted by molar-refractivity contribution is 6.68. The zero-order valence-electron chi connectivity index (χ0n) is 34.4. The summed E-state index contributed by atoms with van der Waals surface area (Å²) in [7, 11) is 11.1. The van der Waals surface area contributed by atoms with Gasteiger partial charge in [-0.2, -0.15) is 0 Å². The highest BCUT2D eigenvalue weighted by Gasteiger charge is 2.20. The Morgan fingerprint density at radius 1 is 0.333 bits per heavy atom. The summed E-state index contributed by atoms with van der Waals surface area (Å²) in [5.74, 6) is 1.78. The smallest absolute Gasteiger partial charge is 0.167 e. The fraction of sp³-hybridized carbons (Fsp3) is 0. The molecule has 0 bridgehead atoms. The van der Waals surface area contributed by atoms with Crippen LogP contribution in [0.25, 0.3) is 101 Å². The predicted octanol–water partition coefficient (Wildman–Crippen LogP) is 4.73. The Balaban J connectivity index is 1.07. The van der Waals surface area contributed by atoms with Crippen LogP contribution in [0.4, 0.5) is 0 Å². The van der Waals surface area contributed by atoms with E-state index in [4.69, 9.17) is 19.4 Å². The lowest BCUT2D eigenvalue weighted by molar-refractivity contribution is 0.669. The highest BCUT2D eigenvalue weighted by Crippen LogP contribution is 2.41. The van der Waals surface area contributed by atoms with E-state index < -0.39 is 0 Å². The third-order valence-corrected chi connectivity index (χ3v) is 12.4. The van der Waals surface area contributed by atoms with Gasteiger partial charge in [-0.1, -0.05) is 163 Å². The highest BCUT2D eigenvalue weighted by atomic mass is 16.3. The lowest BCUT2D eigenvalue weighted by atomic mass is 9.59. The molecular weight excluding hydrogens is 725 g/mol. The molecular formula is C51H38B5N3O. The normalized spacial score (nSPS) is 11.3. The standard InChI is InChI=1S/C51H38B5N3O/c52-43-41(44(53)46(55)47(56)45(43)54)35-14-7-15-36(28-35)50-57-49(34-12-5-2-6-13-34)58-51(59-50)39-18-8-17-38-42-37(16-9-19-40(42)60-48(38)39)33-26-24-32(25-27-33)31-22-20-30(21-23-31)29-10-3-1-4-11-29/h1-28H,52-56H2. The van der Waals surface area contributed by atoms with Crippen LogP contribution in [0.3, 0.4) is 0 Å². The first-order chi connectivity index (χ1) is 29.3. The molecule has 0 amide bonds. The molecule has 278 valence electrons. The van der Waals surface area contributed by atoms with Gasteiger partial charge in [0.25, 0.3) is 0 Å². The van der Waals surface area contributed by atoms with Gasteiger partial charge in [0, 0.05) is 21.9 Å². The maximum Gasteiger partial charge on any atom is 0.167 e. The number of hydrogen-bond donors (Lipinski definition) is 0. The maximum atomic E-state index is 6.77. The zero-order valence-corrected chi connectivity index (χ0v) is 34.4. The second-order valence-corrected chi connectivity index (χ2v) is 15.7. The molecule has 4 nitrogen and oxygen atoms in total. The van der Waals surface area contributed by atoms with Crippen molar-refractivity contribution in [2.24, 2.45) is 0 Å². The molecule has 10 rings (SSSR count). The van der Waals surface area contributed by atoms with Gasteiger partial charge in [-0.25, -0.2) is 15.0 Å². The Bertz CT molecular complexity index is 3210. The summed E-state index contributed by atoms with van der Waals surface area (Å²) < 4.78 is 6.77. The maximum absolute atomic E-state index is 6.77.